The predicted octanol–water partition coefficient (Wildman–Crippen LogP) is 1.67. The van der Waals surface area contributed by atoms with Crippen LogP contribution in [-0.4, -0.2) is 38.5 Å². The van der Waals surface area contributed by atoms with Crippen LogP contribution < -0.4 is 5.73 Å². The summed E-state index contributed by atoms with van der Waals surface area (Å²) < 4.78 is 63.4. The number of alkyl halides is 3. The van der Waals surface area contributed by atoms with Crippen molar-refractivity contribution in [2.45, 2.75) is 11.1 Å². The molecule has 0 aliphatic rings. The lowest BCUT2D eigenvalue weighted by Crippen LogP contribution is -2.20. The second-order valence-corrected chi connectivity index (χ2v) is 6.42. The summed E-state index contributed by atoms with van der Waals surface area (Å²) in [5.74, 6) is -0.532. The van der Waals surface area contributed by atoms with E-state index in [1.807, 2.05) is 0 Å². The molecule has 0 heterocycles. The molecule has 4 nitrogen and oxygen atoms in total. The van der Waals surface area contributed by atoms with E-state index in [0.717, 1.165) is 0 Å². The molecule has 0 fully saturated rings. The number of thiocarbonyl (C=S) groups is 1. The summed E-state index contributed by atoms with van der Waals surface area (Å²) in [4.78, 5) is 0.107. The Hall–Kier alpha value is -1.19. The summed E-state index contributed by atoms with van der Waals surface area (Å²) in [6.07, 6.45) is -4.47. The van der Waals surface area contributed by atoms with Crippen LogP contribution in [0.2, 0.25) is 0 Å². The molecule has 1 rings (SSSR count). The van der Waals surface area contributed by atoms with Crippen LogP contribution in [0.3, 0.4) is 0 Å². The Morgan fingerprint density at radius 2 is 1.80 bits per heavy atom. The van der Waals surface area contributed by atoms with Gasteiger partial charge in [0.25, 0.3) is 0 Å². The van der Waals surface area contributed by atoms with Gasteiger partial charge in [0.1, 0.15) is 11.6 Å². The van der Waals surface area contributed by atoms with Gasteiger partial charge in [-0.15, -0.1) is 0 Å². The highest BCUT2D eigenvalue weighted by molar-refractivity contribution is 7.91. The number of nitrogens with two attached hydrogens (primary N) is 1. The second kappa shape index (κ2) is 6.51. The van der Waals surface area contributed by atoms with E-state index < -0.39 is 35.0 Å². The topological polar surface area (TPSA) is 69.4 Å². The van der Waals surface area contributed by atoms with Crippen LogP contribution in [0.15, 0.2) is 29.2 Å². The van der Waals surface area contributed by atoms with Gasteiger partial charge in [-0.1, -0.05) is 24.4 Å². The summed E-state index contributed by atoms with van der Waals surface area (Å²) in [5.41, 5.74) is 5.87. The molecule has 0 radical (unpaired) electrons. The smallest absolute Gasteiger partial charge is 0.389 e. The zero-order valence-corrected chi connectivity index (χ0v) is 11.8. The van der Waals surface area contributed by atoms with Gasteiger partial charge < -0.3 is 10.5 Å². The van der Waals surface area contributed by atoms with Gasteiger partial charge in [0, 0.05) is 5.56 Å². The van der Waals surface area contributed by atoms with Crippen LogP contribution in [0.5, 0.6) is 0 Å². The van der Waals surface area contributed by atoms with Crippen molar-refractivity contribution in [1.82, 2.24) is 0 Å². The zero-order valence-electron chi connectivity index (χ0n) is 10.2. The van der Waals surface area contributed by atoms with Gasteiger partial charge >= 0.3 is 6.18 Å². The van der Waals surface area contributed by atoms with E-state index >= 15 is 0 Å². The Balaban J connectivity index is 2.62. The molecule has 0 unspecified atom stereocenters. The molecule has 0 saturated heterocycles. The van der Waals surface area contributed by atoms with Gasteiger partial charge in [-0.25, -0.2) is 8.42 Å². The van der Waals surface area contributed by atoms with Crippen LogP contribution in [0.1, 0.15) is 5.56 Å². The SMILES string of the molecule is NC(=S)c1ccc(S(=O)(=O)CCOCC(F)(F)F)cc1. The minimum Gasteiger partial charge on any atom is -0.389 e. The van der Waals surface area contributed by atoms with E-state index in [1.54, 1.807) is 0 Å². The van der Waals surface area contributed by atoms with Gasteiger partial charge in [-0.2, -0.15) is 13.2 Å². The lowest BCUT2D eigenvalue weighted by atomic mass is 10.2. The number of hydrogen-bond acceptors (Lipinski definition) is 4. The molecule has 9 heteroatoms. The fraction of sp³-hybridized carbons (Fsp3) is 0.364. The van der Waals surface area contributed by atoms with E-state index in [-0.39, 0.29) is 9.88 Å². The maximum atomic E-state index is 11.8. The van der Waals surface area contributed by atoms with Crippen molar-refractivity contribution in [2.24, 2.45) is 5.73 Å². The van der Waals surface area contributed by atoms with Gasteiger partial charge in [0.05, 0.1) is 17.3 Å². The van der Waals surface area contributed by atoms with Crippen molar-refractivity contribution in [2.75, 3.05) is 19.0 Å². The first kappa shape index (κ1) is 16.9. The third kappa shape index (κ3) is 5.43. The van der Waals surface area contributed by atoms with Crippen LogP contribution in [-0.2, 0) is 14.6 Å². The zero-order chi connectivity index (χ0) is 15.4. The predicted molar refractivity (Wildman–Crippen MR) is 71.3 cm³/mol. The molecule has 0 amide bonds. The number of rotatable bonds is 6. The first-order valence-electron chi connectivity index (χ1n) is 5.39. The maximum Gasteiger partial charge on any atom is 0.411 e. The fourth-order valence-electron chi connectivity index (χ4n) is 1.30. The standard InChI is InChI=1S/C11H12F3NO3S2/c12-11(13,14)7-18-5-6-20(16,17)9-3-1-8(2-4-9)10(15)19/h1-4H,5-7H2,(H2,15,19). The van der Waals surface area contributed by atoms with Gasteiger partial charge in [-0.05, 0) is 12.1 Å². The highest BCUT2D eigenvalue weighted by Crippen LogP contribution is 2.15. The summed E-state index contributed by atoms with van der Waals surface area (Å²) in [6, 6.07) is 5.47. The average molecular weight is 327 g/mol. The van der Waals surface area contributed by atoms with Crippen LogP contribution in [0, 0.1) is 0 Å². The third-order valence-corrected chi connectivity index (χ3v) is 4.19. The van der Waals surface area contributed by atoms with E-state index in [9.17, 15) is 21.6 Å². The molecule has 0 bridgehead atoms. The van der Waals surface area contributed by atoms with Crippen molar-refractivity contribution in [3.63, 3.8) is 0 Å². The molecule has 1 aromatic carbocycles. The lowest BCUT2D eigenvalue weighted by Gasteiger charge is -2.08. The Labute approximate surface area is 119 Å². The summed E-state index contributed by atoms with van der Waals surface area (Å²) in [6.45, 7) is -2.00. The van der Waals surface area contributed by atoms with Crippen LogP contribution in [0.4, 0.5) is 13.2 Å². The third-order valence-electron chi connectivity index (χ3n) is 2.26. The highest BCUT2D eigenvalue weighted by Gasteiger charge is 2.27. The Bertz CT molecular complexity index is 568. The number of sulfone groups is 1. The molecular weight excluding hydrogens is 315 g/mol. The summed E-state index contributed by atoms with van der Waals surface area (Å²) in [7, 11) is -3.70. The van der Waals surface area contributed by atoms with E-state index in [4.69, 9.17) is 18.0 Å². The minimum atomic E-state index is -4.47. The molecule has 112 valence electrons. The molecule has 0 spiro atoms. The Morgan fingerprint density at radius 3 is 2.25 bits per heavy atom. The molecule has 0 saturated carbocycles. The molecule has 1 aromatic rings. The number of ether oxygens (including phenoxy) is 1. The number of benzene rings is 1. The molecule has 0 aliphatic heterocycles. The fourth-order valence-corrected chi connectivity index (χ4v) is 2.56. The summed E-state index contributed by atoms with van der Waals surface area (Å²) >= 11 is 4.72. The molecule has 20 heavy (non-hydrogen) atoms. The Kier molecular flexibility index (Phi) is 5.49. The second-order valence-electron chi connectivity index (χ2n) is 3.88. The van der Waals surface area contributed by atoms with Gasteiger partial charge in [0.2, 0.25) is 0 Å². The lowest BCUT2D eigenvalue weighted by molar-refractivity contribution is -0.172. The monoisotopic (exact) mass is 327 g/mol. The molecule has 0 aliphatic carbocycles. The van der Waals surface area contributed by atoms with Crippen LogP contribution >= 0.6 is 12.2 Å². The molecule has 2 N–H and O–H groups in total. The highest BCUT2D eigenvalue weighted by atomic mass is 32.2. The van der Waals surface area contributed by atoms with E-state index in [0.29, 0.717) is 5.56 Å². The van der Waals surface area contributed by atoms with Crippen LogP contribution in [0.25, 0.3) is 0 Å². The maximum absolute atomic E-state index is 11.8. The first-order valence-corrected chi connectivity index (χ1v) is 7.45. The van der Waals surface area contributed by atoms with Crippen molar-refractivity contribution < 1.29 is 26.3 Å². The van der Waals surface area contributed by atoms with E-state index in [2.05, 4.69) is 4.74 Å². The van der Waals surface area contributed by atoms with Crippen molar-refractivity contribution in [3.05, 3.63) is 29.8 Å². The van der Waals surface area contributed by atoms with Crippen molar-refractivity contribution >= 4 is 27.0 Å². The van der Waals surface area contributed by atoms with Gasteiger partial charge in [-0.3, -0.25) is 0 Å². The Morgan fingerprint density at radius 1 is 1.25 bits per heavy atom. The normalized spacial score (nSPS) is 12.3. The first-order chi connectivity index (χ1) is 9.12. The number of hydrogen-bond donors (Lipinski definition) is 1. The van der Waals surface area contributed by atoms with Crippen molar-refractivity contribution in [3.8, 4) is 0 Å². The average Bonchev–Trinajstić information content (AvgIpc) is 2.34. The molecular formula is C11H12F3NO3S2. The molecule has 0 aromatic heterocycles. The largest absolute Gasteiger partial charge is 0.411 e. The minimum absolute atomic E-state index is 0.0203. The van der Waals surface area contributed by atoms with E-state index in [1.165, 1.54) is 24.3 Å². The number of halogens is 3. The van der Waals surface area contributed by atoms with Gasteiger partial charge in [0.15, 0.2) is 9.84 Å². The quantitative estimate of drug-likeness (QED) is 0.636. The molecule has 0 atom stereocenters. The summed E-state index contributed by atoms with van der Waals surface area (Å²) in [5, 5.41) is 0. The van der Waals surface area contributed by atoms with Crippen molar-refractivity contribution in [1.29, 1.82) is 0 Å².